The van der Waals surface area contributed by atoms with Crippen molar-refractivity contribution in [3.8, 4) is 0 Å². The van der Waals surface area contributed by atoms with Gasteiger partial charge in [-0.15, -0.1) is 0 Å². The van der Waals surface area contributed by atoms with Gasteiger partial charge < -0.3 is 14.6 Å². The Hall–Kier alpha value is -0.680. The number of hydrogen-bond acceptors (Lipinski definition) is 4. The number of nitrogens with one attached hydrogen (secondary N) is 1. The molecule has 18 heavy (non-hydrogen) atoms. The van der Waals surface area contributed by atoms with Crippen molar-refractivity contribution in [3.63, 3.8) is 0 Å². The Labute approximate surface area is 115 Å². The van der Waals surface area contributed by atoms with E-state index in [-0.39, 0.29) is 10.8 Å². The molecule has 1 heterocycles. The Morgan fingerprint density at radius 1 is 1.56 bits per heavy atom. The molecule has 0 aliphatic rings. The molecule has 0 aromatic carbocycles. The van der Waals surface area contributed by atoms with E-state index >= 15 is 0 Å². The van der Waals surface area contributed by atoms with Gasteiger partial charge in [-0.1, -0.05) is 0 Å². The van der Waals surface area contributed by atoms with Crippen LogP contribution >= 0.6 is 11.8 Å². The minimum absolute atomic E-state index is 0.202. The summed E-state index contributed by atoms with van der Waals surface area (Å²) in [5, 5.41) is 3.40. The van der Waals surface area contributed by atoms with Gasteiger partial charge in [0.25, 0.3) is 0 Å². The average molecular weight is 271 g/mol. The first-order valence-electron chi connectivity index (χ1n) is 6.22. The van der Waals surface area contributed by atoms with Crippen LogP contribution in [-0.4, -0.2) is 40.3 Å². The van der Waals surface area contributed by atoms with E-state index in [1.54, 1.807) is 7.11 Å². The Bertz CT molecular complexity index is 376. The van der Waals surface area contributed by atoms with Gasteiger partial charge >= 0.3 is 0 Å². The molecule has 0 aliphatic heterocycles. The molecule has 1 rings (SSSR count). The van der Waals surface area contributed by atoms with Crippen LogP contribution in [0.2, 0.25) is 0 Å². The van der Waals surface area contributed by atoms with Crippen molar-refractivity contribution >= 4 is 17.7 Å². The van der Waals surface area contributed by atoms with E-state index in [0.29, 0.717) is 6.61 Å². The quantitative estimate of drug-likeness (QED) is 0.827. The number of methoxy groups -OCH3 is 1. The highest BCUT2D eigenvalue weighted by Gasteiger charge is 2.19. The fourth-order valence-electron chi connectivity index (χ4n) is 1.77. The van der Waals surface area contributed by atoms with Crippen molar-refractivity contribution in [1.82, 2.24) is 9.55 Å². The number of aromatic nitrogens is 2. The van der Waals surface area contributed by atoms with Crippen LogP contribution in [0.1, 0.15) is 26.5 Å². The summed E-state index contributed by atoms with van der Waals surface area (Å²) in [6, 6.07) is 0.257. The van der Waals surface area contributed by atoms with Crippen LogP contribution in [0.15, 0.2) is 6.20 Å². The molecule has 1 aromatic heterocycles. The number of rotatable bonds is 7. The van der Waals surface area contributed by atoms with Crippen molar-refractivity contribution in [3.05, 3.63) is 11.9 Å². The number of aryl methyl sites for hydroxylation is 1. The Morgan fingerprint density at radius 3 is 2.78 bits per heavy atom. The van der Waals surface area contributed by atoms with Gasteiger partial charge in [-0.2, -0.15) is 11.8 Å². The highest BCUT2D eigenvalue weighted by Crippen LogP contribution is 2.25. The number of imidazole rings is 1. The SMILES string of the molecule is COCC(C)Nc1nc(C)cn1CC(C)(C)SC. The molecule has 0 bridgehead atoms. The normalized spacial score (nSPS) is 13.7. The first kappa shape index (κ1) is 15.4. The summed E-state index contributed by atoms with van der Waals surface area (Å²) in [5.41, 5.74) is 1.04. The Morgan fingerprint density at radius 2 is 2.22 bits per heavy atom. The number of thioether (sulfide) groups is 1. The van der Waals surface area contributed by atoms with Gasteiger partial charge in [0.2, 0.25) is 5.95 Å². The third-order valence-electron chi connectivity index (χ3n) is 2.79. The number of hydrogen-bond donors (Lipinski definition) is 1. The maximum absolute atomic E-state index is 5.14. The topological polar surface area (TPSA) is 39.1 Å². The highest BCUT2D eigenvalue weighted by molar-refractivity contribution is 7.99. The first-order valence-corrected chi connectivity index (χ1v) is 7.45. The average Bonchev–Trinajstić information content (AvgIpc) is 2.58. The smallest absolute Gasteiger partial charge is 0.203 e. The van der Waals surface area contributed by atoms with Gasteiger partial charge in [0.05, 0.1) is 12.3 Å². The van der Waals surface area contributed by atoms with Crippen LogP contribution in [0.5, 0.6) is 0 Å². The molecule has 0 saturated carbocycles. The molecule has 0 spiro atoms. The lowest BCUT2D eigenvalue weighted by molar-refractivity contribution is 0.190. The molecule has 0 amide bonds. The molecule has 0 fully saturated rings. The van der Waals surface area contributed by atoms with Crippen molar-refractivity contribution in [2.24, 2.45) is 0 Å². The number of ether oxygens (including phenoxy) is 1. The summed E-state index contributed by atoms with van der Waals surface area (Å²) < 4.78 is 7.54. The van der Waals surface area contributed by atoms with Gasteiger partial charge in [-0.3, -0.25) is 0 Å². The van der Waals surface area contributed by atoms with Crippen molar-refractivity contribution in [2.75, 3.05) is 25.3 Å². The monoisotopic (exact) mass is 271 g/mol. The van der Waals surface area contributed by atoms with E-state index in [2.05, 4.69) is 48.1 Å². The van der Waals surface area contributed by atoms with E-state index < -0.39 is 0 Å². The van der Waals surface area contributed by atoms with E-state index in [1.807, 2.05) is 18.7 Å². The van der Waals surface area contributed by atoms with Crippen LogP contribution in [0.4, 0.5) is 5.95 Å². The summed E-state index contributed by atoms with van der Waals surface area (Å²) in [6.45, 7) is 10.2. The van der Waals surface area contributed by atoms with Crippen molar-refractivity contribution < 1.29 is 4.74 Å². The van der Waals surface area contributed by atoms with Gasteiger partial charge in [-0.05, 0) is 34.0 Å². The molecule has 1 N–H and O–H groups in total. The summed E-state index contributed by atoms with van der Waals surface area (Å²) in [4.78, 5) is 4.54. The second-order valence-corrected chi connectivity index (χ2v) is 6.81. The molecule has 5 heteroatoms. The zero-order valence-corrected chi connectivity index (χ0v) is 13.1. The minimum atomic E-state index is 0.202. The van der Waals surface area contributed by atoms with Crippen molar-refractivity contribution in [2.45, 2.75) is 45.0 Å². The van der Waals surface area contributed by atoms with Gasteiger partial charge in [0.1, 0.15) is 0 Å². The molecule has 4 nitrogen and oxygen atoms in total. The van der Waals surface area contributed by atoms with Crippen LogP contribution in [0.25, 0.3) is 0 Å². The van der Waals surface area contributed by atoms with Crippen LogP contribution in [0, 0.1) is 6.92 Å². The molecule has 0 aliphatic carbocycles. The Kier molecular flexibility index (Phi) is 5.53. The molecule has 1 atom stereocenters. The van der Waals surface area contributed by atoms with Gasteiger partial charge in [-0.25, -0.2) is 4.98 Å². The molecular weight excluding hydrogens is 246 g/mol. The third-order valence-corrected chi connectivity index (χ3v) is 4.03. The summed E-state index contributed by atoms with van der Waals surface area (Å²) in [7, 11) is 1.72. The first-order chi connectivity index (χ1) is 8.38. The second kappa shape index (κ2) is 6.48. The zero-order chi connectivity index (χ0) is 13.8. The van der Waals surface area contributed by atoms with E-state index in [1.165, 1.54) is 0 Å². The zero-order valence-electron chi connectivity index (χ0n) is 12.3. The standard InChI is InChI=1S/C13H25N3OS/c1-10-7-16(9-13(3,4)18-6)12(14-10)15-11(2)8-17-5/h7,11H,8-9H2,1-6H3,(H,14,15). The lowest BCUT2D eigenvalue weighted by Crippen LogP contribution is -2.27. The van der Waals surface area contributed by atoms with Crippen LogP contribution in [0.3, 0.4) is 0 Å². The number of nitrogens with zero attached hydrogens (tertiary/aromatic N) is 2. The van der Waals surface area contributed by atoms with Crippen molar-refractivity contribution in [1.29, 1.82) is 0 Å². The maximum Gasteiger partial charge on any atom is 0.203 e. The molecule has 1 unspecified atom stereocenters. The highest BCUT2D eigenvalue weighted by atomic mass is 32.2. The van der Waals surface area contributed by atoms with E-state index in [0.717, 1.165) is 18.2 Å². The van der Waals surface area contributed by atoms with Gasteiger partial charge in [0, 0.05) is 30.6 Å². The minimum Gasteiger partial charge on any atom is -0.383 e. The lowest BCUT2D eigenvalue weighted by Gasteiger charge is -2.24. The fraction of sp³-hybridized carbons (Fsp3) is 0.769. The third kappa shape index (κ3) is 4.53. The van der Waals surface area contributed by atoms with Gasteiger partial charge in [0.15, 0.2) is 0 Å². The molecule has 0 saturated heterocycles. The lowest BCUT2D eigenvalue weighted by atomic mass is 10.2. The molecule has 0 radical (unpaired) electrons. The van der Waals surface area contributed by atoms with Crippen LogP contribution < -0.4 is 5.32 Å². The predicted octanol–water partition coefficient (Wildman–Crippen LogP) is 2.78. The summed E-state index contributed by atoms with van der Waals surface area (Å²) in [6.07, 6.45) is 4.24. The Balaban J connectivity index is 2.79. The van der Waals surface area contributed by atoms with E-state index in [4.69, 9.17) is 4.74 Å². The summed E-state index contributed by atoms with van der Waals surface area (Å²) in [5.74, 6) is 0.930. The predicted molar refractivity (Wildman–Crippen MR) is 79.5 cm³/mol. The van der Waals surface area contributed by atoms with Crippen LogP contribution in [-0.2, 0) is 11.3 Å². The van der Waals surface area contributed by atoms with E-state index in [9.17, 15) is 0 Å². The summed E-state index contributed by atoms with van der Waals surface area (Å²) >= 11 is 1.87. The largest absolute Gasteiger partial charge is 0.383 e. The second-order valence-electron chi connectivity index (χ2n) is 5.30. The molecular formula is C13H25N3OS. The maximum atomic E-state index is 5.14. The molecule has 104 valence electrons. The number of anilines is 1. The fourth-order valence-corrected chi connectivity index (χ4v) is 2.04. The molecule has 1 aromatic rings.